The van der Waals surface area contributed by atoms with Gasteiger partial charge in [0.25, 0.3) is 0 Å². The second-order valence-electron chi connectivity index (χ2n) is 6.89. The van der Waals surface area contributed by atoms with Gasteiger partial charge in [0, 0.05) is 5.38 Å². The van der Waals surface area contributed by atoms with Crippen LogP contribution in [-0.4, -0.2) is 15.1 Å². The molecule has 0 spiro atoms. The maximum Gasteiger partial charge on any atom is 0.232 e. The number of ether oxygens (including phenoxy) is 1. The number of aromatic nitrogens is 3. The number of nitrogens with two attached hydrogens (primary N) is 1. The van der Waals surface area contributed by atoms with E-state index in [2.05, 4.69) is 22.0 Å². The molecule has 3 aromatic rings. The molecule has 0 bridgehead atoms. The number of halogens is 1. The van der Waals surface area contributed by atoms with Crippen molar-refractivity contribution in [3.05, 3.63) is 57.6 Å². The minimum Gasteiger partial charge on any atom is -0.486 e. The van der Waals surface area contributed by atoms with Crippen LogP contribution in [0.2, 0.25) is 0 Å². The summed E-state index contributed by atoms with van der Waals surface area (Å²) < 4.78 is 11.2. The summed E-state index contributed by atoms with van der Waals surface area (Å²) in [4.78, 5) is 9.10. The third kappa shape index (κ3) is 4.66. The van der Waals surface area contributed by atoms with Gasteiger partial charge in [0.1, 0.15) is 17.4 Å². The first-order valence-corrected chi connectivity index (χ1v) is 9.73. The summed E-state index contributed by atoms with van der Waals surface area (Å²) in [6.45, 7) is 2.51. The number of aryl methyl sites for hydroxylation is 1. The fourth-order valence-electron chi connectivity index (χ4n) is 3.19. The van der Waals surface area contributed by atoms with Gasteiger partial charge in [-0.3, -0.25) is 0 Å². The Hall–Kier alpha value is -1.96. The number of rotatable bonds is 6. The molecule has 27 heavy (non-hydrogen) atoms. The topological polar surface area (TPSA) is 87.1 Å². The number of hydrogen-bond donors (Lipinski definition) is 1. The van der Waals surface area contributed by atoms with Crippen molar-refractivity contribution in [1.29, 1.82) is 0 Å². The third-order valence-electron chi connectivity index (χ3n) is 4.72. The molecule has 144 valence electrons. The van der Waals surface area contributed by atoms with Gasteiger partial charge in [0.15, 0.2) is 5.82 Å². The molecule has 4 rings (SSSR count). The van der Waals surface area contributed by atoms with Gasteiger partial charge in [-0.2, -0.15) is 4.98 Å². The lowest BCUT2D eigenvalue weighted by molar-refractivity contribution is 0.305. The van der Waals surface area contributed by atoms with Crippen LogP contribution in [0.3, 0.4) is 0 Å². The molecule has 1 aliphatic rings. The number of benzene rings is 1. The van der Waals surface area contributed by atoms with Crippen molar-refractivity contribution in [3.8, 4) is 5.75 Å². The Kier molecular flexibility index (Phi) is 6.14. The first-order valence-electron chi connectivity index (χ1n) is 8.85. The van der Waals surface area contributed by atoms with Gasteiger partial charge >= 0.3 is 0 Å². The molecule has 6 nitrogen and oxygen atoms in total. The molecule has 2 N–H and O–H groups in total. The zero-order valence-corrected chi connectivity index (χ0v) is 16.8. The highest BCUT2D eigenvalue weighted by Crippen LogP contribution is 2.34. The third-order valence-corrected chi connectivity index (χ3v) is 5.60. The second kappa shape index (κ2) is 8.37. The zero-order chi connectivity index (χ0) is 18.0. The predicted octanol–water partition coefficient (Wildman–Crippen LogP) is 4.15. The average molecular weight is 407 g/mol. The zero-order valence-electron chi connectivity index (χ0n) is 15.2. The van der Waals surface area contributed by atoms with Crippen molar-refractivity contribution in [2.24, 2.45) is 5.73 Å². The van der Waals surface area contributed by atoms with Crippen molar-refractivity contribution in [2.45, 2.75) is 51.2 Å². The molecule has 8 heteroatoms. The molecule has 1 fully saturated rings. The maximum atomic E-state index is 6.38. The van der Waals surface area contributed by atoms with Crippen LogP contribution in [0, 0.1) is 6.92 Å². The lowest BCUT2D eigenvalue weighted by Gasteiger charge is -2.17. The first kappa shape index (κ1) is 19.8. The van der Waals surface area contributed by atoms with Crippen LogP contribution < -0.4 is 10.5 Å². The summed E-state index contributed by atoms with van der Waals surface area (Å²) in [5.74, 6) is 2.04. The summed E-state index contributed by atoms with van der Waals surface area (Å²) in [6, 6.07) is 8.00. The Morgan fingerprint density at radius 1 is 1.19 bits per heavy atom. The van der Waals surface area contributed by atoms with Gasteiger partial charge in [-0.25, -0.2) is 4.98 Å². The van der Waals surface area contributed by atoms with Gasteiger partial charge in [0.05, 0.1) is 17.7 Å². The van der Waals surface area contributed by atoms with Crippen molar-refractivity contribution < 1.29 is 9.26 Å². The Morgan fingerprint density at radius 3 is 2.67 bits per heavy atom. The van der Waals surface area contributed by atoms with Crippen LogP contribution in [0.5, 0.6) is 5.75 Å². The second-order valence-corrected chi connectivity index (χ2v) is 7.83. The molecule has 2 heterocycles. The lowest BCUT2D eigenvalue weighted by atomic mass is 9.99. The van der Waals surface area contributed by atoms with Crippen LogP contribution in [0.25, 0.3) is 0 Å². The molecule has 1 saturated carbocycles. The van der Waals surface area contributed by atoms with Crippen molar-refractivity contribution in [2.75, 3.05) is 0 Å². The molecule has 0 amide bonds. The Labute approximate surface area is 168 Å². The molecule has 0 unspecified atom stereocenters. The standard InChI is InChI=1S/C19H22N4O2S.ClH/c1-13-4-6-15(7-5-13)24-11-17-21-14(12-26-17)10-16-22-18(23-25-16)19(20)8-2-3-9-19;/h4-7,12H,2-3,8-11,20H2,1H3;1H. The van der Waals surface area contributed by atoms with E-state index in [1.807, 2.05) is 29.6 Å². The van der Waals surface area contributed by atoms with Crippen LogP contribution >= 0.6 is 23.7 Å². The van der Waals surface area contributed by atoms with Gasteiger partial charge in [-0.15, -0.1) is 23.7 Å². The molecule has 0 atom stereocenters. The predicted molar refractivity (Wildman–Crippen MR) is 106 cm³/mol. The van der Waals surface area contributed by atoms with Gasteiger partial charge in [-0.05, 0) is 31.9 Å². The maximum absolute atomic E-state index is 6.38. The molecular formula is C19H23ClN4O2S. The fourth-order valence-corrected chi connectivity index (χ4v) is 3.89. The van der Waals surface area contributed by atoms with Gasteiger partial charge in [-0.1, -0.05) is 35.7 Å². The highest BCUT2D eigenvalue weighted by molar-refractivity contribution is 7.09. The Bertz CT molecular complexity index is 872. The Morgan fingerprint density at radius 2 is 1.93 bits per heavy atom. The summed E-state index contributed by atoms with van der Waals surface area (Å²) in [5.41, 5.74) is 8.08. The molecule has 0 radical (unpaired) electrons. The van der Waals surface area contributed by atoms with E-state index >= 15 is 0 Å². The lowest BCUT2D eigenvalue weighted by Crippen LogP contribution is -2.34. The van der Waals surface area contributed by atoms with E-state index in [-0.39, 0.29) is 12.4 Å². The number of hydrogen-bond acceptors (Lipinski definition) is 7. The van der Waals surface area contributed by atoms with Crippen LogP contribution in [-0.2, 0) is 18.6 Å². The summed E-state index contributed by atoms with van der Waals surface area (Å²) in [5, 5.41) is 7.02. The van der Waals surface area contributed by atoms with Crippen molar-refractivity contribution in [3.63, 3.8) is 0 Å². The molecular weight excluding hydrogens is 384 g/mol. The van der Waals surface area contributed by atoms with E-state index in [0.717, 1.165) is 42.1 Å². The van der Waals surface area contributed by atoms with E-state index in [1.54, 1.807) is 11.3 Å². The molecule has 0 aliphatic heterocycles. The van der Waals surface area contributed by atoms with Crippen molar-refractivity contribution in [1.82, 2.24) is 15.1 Å². The average Bonchev–Trinajstić information content (AvgIpc) is 3.37. The van der Waals surface area contributed by atoms with Crippen LogP contribution in [0.4, 0.5) is 0 Å². The summed E-state index contributed by atoms with van der Waals surface area (Å²) in [6.07, 6.45) is 4.60. The molecule has 1 aliphatic carbocycles. The Balaban J connectivity index is 0.00000210. The largest absolute Gasteiger partial charge is 0.486 e. The van der Waals surface area contributed by atoms with E-state index < -0.39 is 5.54 Å². The van der Waals surface area contributed by atoms with E-state index in [9.17, 15) is 0 Å². The monoisotopic (exact) mass is 406 g/mol. The quantitative estimate of drug-likeness (QED) is 0.661. The minimum absolute atomic E-state index is 0. The van der Waals surface area contributed by atoms with Crippen LogP contribution in [0.1, 0.15) is 53.7 Å². The number of thiazole rings is 1. The first-order chi connectivity index (χ1) is 12.6. The molecule has 1 aromatic carbocycles. The molecule has 2 aromatic heterocycles. The van der Waals surface area contributed by atoms with E-state index in [1.165, 1.54) is 5.56 Å². The van der Waals surface area contributed by atoms with Gasteiger partial charge in [0.2, 0.25) is 5.89 Å². The summed E-state index contributed by atoms with van der Waals surface area (Å²) >= 11 is 1.57. The minimum atomic E-state index is -0.420. The number of nitrogens with zero attached hydrogens (tertiary/aromatic N) is 3. The van der Waals surface area contributed by atoms with E-state index in [0.29, 0.717) is 24.7 Å². The van der Waals surface area contributed by atoms with Crippen molar-refractivity contribution >= 4 is 23.7 Å². The smallest absolute Gasteiger partial charge is 0.232 e. The highest BCUT2D eigenvalue weighted by Gasteiger charge is 2.35. The summed E-state index contributed by atoms with van der Waals surface area (Å²) in [7, 11) is 0. The van der Waals surface area contributed by atoms with Gasteiger partial charge < -0.3 is 15.0 Å². The highest BCUT2D eigenvalue weighted by atomic mass is 35.5. The van der Waals surface area contributed by atoms with Crippen LogP contribution in [0.15, 0.2) is 34.2 Å². The van der Waals surface area contributed by atoms with E-state index in [4.69, 9.17) is 15.0 Å². The molecule has 0 saturated heterocycles. The SMILES string of the molecule is Cc1ccc(OCc2nc(Cc3nc(C4(N)CCCC4)no3)cs2)cc1.Cl. The normalized spacial score (nSPS) is 15.5. The fraction of sp³-hybridized carbons (Fsp3) is 0.421.